The zero-order valence-electron chi connectivity index (χ0n) is 33.2. The summed E-state index contributed by atoms with van der Waals surface area (Å²) in [6.07, 6.45) is -10.4. The monoisotopic (exact) mass is 850 g/mol. The lowest BCUT2D eigenvalue weighted by Gasteiger charge is -2.38. The number of carbonyl (C=O) groups is 5. The number of carboxylic acids is 1. The normalized spacial score (nSPS) is 19.8. The fraction of sp³-hybridized carbons (Fsp3) is 0.390. The van der Waals surface area contributed by atoms with E-state index in [-0.39, 0.29) is 70.6 Å². The third-order valence-corrected chi connectivity index (χ3v) is 10.1. The molecule has 2 heterocycles. The number of aliphatic carboxylic acids is 1. The summed E-state index contributed by atoms with van der Waals surface area (Å²) < 4.78 is 32.7. The van der Waals surface area contributed by atoms with Crippen LogP contribution >= 0.6 is 0 Å². The van der Waals surface area contributed by atoms with E-state index in [2.05, 4.69) is 10.2 Å². The van der Waals surface area contributed by atoms with Gasteiger partial charge in [0.15, 0.2) is 6.10 Å². The summed E-state index contributed by atoms with van der Waals surface area (Å²) in [5.41, 5.74) is 0.816. The van der Waals surface area contributed by atoms with Gasteiger partial charge in [-0.25, -0.2) is 15.5 Å². The molecule has 20 heteroatoms. The van der Waals surface area contributed by atoms with E-state index >= 15 is 0 Å². The topological polar surface area (TPSA) is 275 Å². The molecule has 4 amide bonds. The van der Waals surface area contributed by atoms with E-state index in [1.807, 2.05) is 24.3 Å². The number of amides is 4. The molecule has 326 valence electrons. The Morgan fingerprint density at radius 2 is 1.59 bits per heavy atom. The van der Waals surface area contributed by atoms with E-state index in [1.54, 1.807) is 18.2 Å². The first-order chi connectivity index (χ1) is 29.4. The molecular weight excluding hydrogens is 804 g/mol. The highest BCUT2D eigenvalue weighted by Crippen LogP contribution is 2.40. The minimum Gasteiger partial charge on any atom is -0.496 e. The minimum absolute atomic E-state index is 0.0237. The summed E-state index contributed by atoms with van der Waals surface area (Å²) >= 11 is 0. The van der Waals surface area contributed by atoms with Crippen LogP contribution in [0.15, 0.2) is 60.7 Å². The molecule has 7 N–H and O–H groups in total. The summed E-state index contributed by atoms with van der Waals surface area (Å²) in [6.45, 7) is 0.442. The van der Waals surface area contributed by atoms with Crippen LogP contribution in [0.5, 0.6) is 11.5 Å². The molecule has 4 aromatic rings. The number of ether oxygens (including phenoxy) is 6. The van der Waals surface area contributed by atoms with Gasteiger partial charge in [0.25, 0.3) is 17.7 Å². The van der Waals surface area contributed by atoms with Crippen LogP contribution in [0.25, 0.3) is 21.5 Å². The third-order valence-electron chi connectivity index (χ3n) is 10.1. The Morgan fingerprint density at radius 1 is 0.869 bits per heavy atom. The van der Waals surface area contributed by atoms with E-state index in [9.17, 15) is 44.4 Å². The molecule has 0 aliphatic carbocycles. The molecule has 2 aliphatic heterocycles. The standard InChI is InChI=1S/C41H46N4O16/c1-44(12-13-45-37(50)25-8-10-28(55-2)26-20-23-5-3-4-6-24(23)31(30(25)26)38(45)51)41(54)58-21-22-7-9-29(60-40-34(48)32(46)33(47)35(61-40)39(52)53)27(19-22)36(49)43-11-14-56-15-16-57-17-18-59-42/h3-10,19-20,32-35,40,46-48H,11-18,21,42H2,1-2H3,(H,43,49)(H,52,53)/t32-,33-,34+,35-,40?/m0/s1. The van der Waals surface area contributed by atoms with Gasteiger partial charge in [0.05, 0.1) is 51.3 Å². The van der Waals surface area contributed by atoms with E-state index in [4.69, 9.17) is 34.3 Å². The fourth-order valence-electron chi connectivity index (χ4n) is 6.89. The second kappa shape index (κ2) is 20.1. The van der Waals surface area contributed by atoms with Crippen molar-refractivity contribution in [1.29, 1.82) is 0 Å². The van der Waals surface area contributed by atoms with Crippen LogP contribution in [0.1, 0.15) is 36.6 Å². The lowest BCUT2D eigenvalue weighted by Crippen LogP contribution is -2.61. The van der Waals surface area contributed by atoms with Gasteiger partial charge in [0.1, 0.15) is 36.4 Å². The molecular formula is C41H46N4O16. The lowest BCUT2D eigenvalue weighted by molar-refractivity contribution is -0.271. The summed E-state index contributed by atoms with van der Waals surface area (Å²) in [6, 6.07) is 16.5. The Balaban J connectivity index is 1.12. The summed E-state index contributed by atoms with van der Waals surface area (Å²) in [5.74, 6) is 1.87. The van der Waals surface area contributed by atoms with Gasteiger partial charge in [0, 0.05) is 43.0 Å². The Kier molecular flexibility index (Phi) is 14.7. The zero-order valence-corrected chi connectivity index (χ0v) is 33.2. The molecule has 5 atom stereocenters. The average molecular weight is 851 g/mol. The highest BCUT2D eigenvalue weighted by Gasteiger charge is 2.48. The molecule has 4 aromatic carbocycles. The number of nitrogens with one attached hydrogen (secondary N) is 1. The Hall–Kier alpha value is -5.97. The molecule has 2 aliphatic rings. The van der Waals surface area contributed by atoms with Crippen molar-refractivity contribution in [2.24, 2.45) is 5.90 Å². The number of imide groups is 1. The van der Waals surface area contributed by atoms with Crippen LogP contribution in [0.4, 0.5) is 4.79 Å². The van der Waals surface area contributed by atoms with Crippen molar-refractivity contribution in [2.45, 2.75) is 37.3 Å². The first kappa shape index (κ1) is 44.6. The van der Waals surface area contributed by atoms with Crippen molar-refractivity contribution in [3.8, 4) is 11.5 Å². The van der Waals surface area contributed by atoms with Crippen LogP contribution in [-0.2, 0) is 35.2 Å². The molecule has 0 bridgehead atoms. The van der Waals surface area contributed by atoms with E-state index < -0.39 is 60.5 Å². The second-order valence-electron chi connectivity index (χ2n) is 14.0. The summed E-state index contributed by atoms with van der Waals surface area (Å²) in [5, 5.41) is 45.6. The largest absolute Gasteiger partial charge is 0.496 e. The maximum Gasteiger partial charge on any atom is 0.409 e. The molecule has 1 saturated heterocycles. The molecule has 0 aromatic heterocycles. The number of aliphatic hydroxyl groups is 3. The molecule has 6 rings (SSSR count). The van der Waals surface area contributed by atoms with Gasteiger partial charge in [-0.05, 0) is 46.7 Å². The first-order valence-corrected chi connectivity index (χ1v) is 19.1. The Morgan fingerprint density at radius 3 is 2.33 bits per heavy atom. The average Bonchev–Trinajstić information content (AvgIpc) is 3.26. The van der Waals surface area contributed by atoms with Gasteiger partial charge < -0.3 is 63.9 Å². The maximum absolute atomic E-state index is 14.0. The number of rotatable bonds is 19. The molecule has 0 radical (unpaired) electrons. The van der Waals surface area contributed by atoms with Gasteiger partial charge in [0.2, 0.25) is 6.29 Å². The highest BCUT2D eigenvalue weighted by atomic mass is 16.7. The van der Waals surface area contributed by atoms with Crippen LogP contribution in [0.2, 0.25) is 0 Å². The number of methoxy groups -OCH3 is 1. The van der Waals surface area contributed by atoms with Crippen molar-refractivity contribution >= 4 is 51.3 Å². The van der Waals surface area contributed by atoms with Crippen molar-refractivity contribution in [3.63, 3.8) is 0 Å². The van der Waals surface area contributed by atoms with Gasteiger partial charge in [-0.2, -0.15) is 0 Å². The lowest BCUT2D eigenvalue weighted by atomic mass is 9.89. The number of hydrogen-bond donors (Lipinski definition) is 6. The third kappa shape index (κ3) is 9.82. The number of nitrogens with two attached hydrogens (primary N) is 1. The minimum atomic E-state index is -1.97. The predicted molar refractivity (Wildman–Crippen MR) is 212 cm³/mol. The Bertz CT molecular complexity index is 2270. The number of carboxylic acid groups (broad SMARTS) is 1. The number of benzene rings is 4. The fourth-order valence-corrected chi connectivity index (χ4v) is 6.89. The summed E-state index contributed by atoms with van der Waals surface area (Å²) in [7, 11) is 2.94. The van der Waals surface area contributed by atoms with Crippen molar-refractivity contribution < 1.29 is 77.7 Å². The SMILES string of the molecule is COc1ccc2c3c(c4ccccc4cc13)C(=O)N(CCN(C)C(=O)OCc1ccc(OC3O[C@H](C(=O)O)[C@@H](O)[C@H](O)[C@H]3O)c(C(=O)NCCOCCOCCON)c1)C2=O. The number of aliphatic hydroxyl groups excluding tert-OH is 3. The van der Waals surface area contributed by atoms with Crippen molar-refractivity contribution in [1.82, 2.24) is 15.1 Å². The first-order valence-electron chi connectivity index (χ1n) is 19.1. The Labute approximate surface area is 348 Å². The van der Waals surface area contributed by atoms with Crippen LogP contribution < -0.4 is 20.7 Å². The molecule has 0 saturated carbocycles. The highest BCUT2D eigenvalue weighted by molar-refractivity contribution is 6.31. The smallest absolute Gasteiger partial charge is 0.409 e. The zero-order chi connectivity index (χ0) is 43.8. The number of fused-ring (bicyclic) bond motifs is 2. The molecule has 20 nitrogen and oxygen atoms in total. The van der Waals surface area contributed by atoms with Crippen LogP contribution in [0, 0.1) is 0 Å². The quantitative estimate of drug-likeness (QED) is 0.0329. The predicted octanol–water partition coefficient (Wildman–Crippen LogP) is 0.791. The molecule has 1 fully saturated rings. The number of hydrogen-bond acceptors (Lipinski definition) is 16. The second-order valence-corrected chi connectivity index (χ2v) is 14.0. The molecule has 0 spiro atoms. The molecule has 61 heavy (non-hydrogen) atoms. The van der Waals surface area contributed by atoms with Crippen molar-refractivity contribution in [2.75, 3.05) is 66.8 Å². The maximum atomic E-state index is 14.0. The van der Waals surface area contributed by atoms with E-state index in [1.165, 1.54) is 37.3 Å². The summed E-state index contributed by atoms with van der Waals surface area (Å²) in [4.78, 5) is 72.7. The van der Waals surface area contributed by atoms with Gasteiger partial charge in [-0.1, -0.05) is 30.3 Å². The number of carbonyl (C=O) groups excluding carboxylic acids is 4. The number of likely N-dealkylation sites (N-methyl/N-ethyl adjacent to an activating group) is 1. The molecule has 1 unspecified atom stereocenters. The van der Waals surface area contributed by atoms with Crippen LogP contribution in [0.3, 0.4) is 0 Å². The van der Waals surface area contributed by atoms with Crippen molar-refractivity contribution in [3.05, 3.63) is 82.9 Å². The van der Waals surface area contributed by atoms with E-state index in [0.717, 1.165) is 10.3 Å². The number of nitrogens with zero attached hydrogens (tertiary/aromatic N) is 2. The van der Waals surface area contributed by atoms with Gasteiger partial charge >= 0.3 is 12.1 Å². The van der Waals surface area contributed by atoms with Crippen LogP contribution in [-0.4, -0.2) is 158 Å². The van der Waals surface area contributed by atoms with Gasteiger partial charge in [-0.15, -0.1) is 0 Å². The van der Waals surface area contributed by atoms with E-state index in [0.29, 0.717) is 38.6 Å². The van der Waals surface area contributed by atoms with Gasteiger partial charge in [-0.3, -0.25) is 19.3 Å².